The van der Waals surface area contributed by atoms with Crippen molar-refractivity contribution in [2.24, 2.45) is 5.92 Å². The maximum absolute atomic E-state index is 12.9. The quantitative estimate of drug-likeness (QED) is 0.458. The van der Waals surface area contributed by atoms with Gasteiger partial charge in [0.15, 0.2) is 0 Å². The van der Waals surface area contributed by atoms with Crippen molar-refractivity contribution < 1.29 is 54.0 Å². The number of aromatic nitrogens is 2. The Balaban J connectivity index is 0.00000228. The van der Waals surface area contributed by atoms with Crippen LogP contribution in [0.15, 0.2) is 40.2 Å². The van der Waals surface area contributed by atoms with Crippen molar-refractivity contribution in [1.82, 2.24) is 14.1 Å². The molecule has 1 aromatic heterocycles. The van der Waals surface area contributed by atoms with Crippen LogP contribution in [-0.4, -0.2) is 66.4 Å². The number of ether oxygens (including phenoxy) is 1. The van der Waals surface area contributed by atoms with Gasteiger partial charge in [0.1, 0.15) is 5.02 Å². The summed E-state index contributed by atoms with van der Waals surface area (Å²) in [5, 5.41) is 16.6. The summed E-state index contributed by atoms with van der Waals surface area (Å²) in [5.74, 6) is -0.760. The van der Waals surface area contributed by atoms with Crippen LogP contribution in [0.2, 0.25) is 5.02 Å². The van der Waals surface area contributed by atoms with Gasteiger partial charge in [0.25, 0.3) is 5.56 Å². The van der Waals surface area contributed by atoms with E-state index in [2.05, 4.69) is 10.4 Å². The van der Waals surface area contributed by atoms with Crippen LogP contribution in [0.5, 0.6) is 0 Å². The number of hydrogen-bond acceptors (Lipinski definition) is 7. The average Bonchev–Trinajstić information content (AvgIpc) is 2.86. The number of rotatable bonds is 7. The van der Waals surface area contributed by atoms with Crippen LogP contribution in [0.1, 0.15) is 43.5 Å². The minimum absolute atomic E-state index is 0. The van der Waals surface area contributed by atoms with E-state index in [9.17, 15) is 18.0 Å². The topological polar surface area (TPSA) is 131 Å². The number of halogens is 1. The molecule has 2 N–H and O–H groups in total. The van der Waals surface area contributed by atoms with Gasteiger partial charge < -0.3 is 16.6 Å². The fourth-order valence-electron chi connectivity index (χ4n) is 4.30. The molecule has 2 aliphatic heterocycles. The molecule has 2 saturated heterocycles. The molecule has 1 atom stereocenters. The number of nitrogens with one attached hydrogen (secondary N) is 1. The molecule has 0 aliphatic carbocycles. The van der Waals surface area contributed by atoms with Gasteiger partial charge in [-0.1, -0.05) is 11.6 Å². The van der Waals surface area contributed by atoms with Gasteiger partial charge in [-0.3, -0.25) is 4.79 Å². The standard InChI is InChI=1S/C22H27ClN4O6S.Na.H/c23-20-19(24-12-15-2-1-11-33-14-15)13-25-27(21(20)28)17-7-9-26(10-8-17)34(31,32)18-5-3-16(4-6-18)22(29)30;;/h3-6,13,15,17,24H,1-2,7-12,14H2,(H,29,30);;/q;+1;-1/t15-;;/m1../s1. The van der Waals surface area contributed by atoms with Crippen molar-refractivity contribution in [3.63, 3.8) is 0 Å². The SMILES string of the molecule is O=C(O)c1ccc(S(=O)(=O)N2CCC(n3ncc(NC[C@H]4CCCOC4)c(Cl)c3=O)CC2)cc1.[H-].[Na+]. The second-order valence-electron chi connectivity index (χ2n) is 8.55. The molecule has 2 fully saturated rings. The number of carbonyl (C=O) groups is 1. The van der Waals surface area contributed by atoms with Gasteiger partial charge in [-0.25, -0.2) is 17.9 Å². The molecule has 0 bridgehead atoms. The van der Waals surface area contributed by atoms with Crippen molar-refractivity contribution in [3.05, 3.63) is 51.4 Å². The first-order chi connectivity index (χ1) is 16.3. The molecule has 3 heterocycles. The summed E-state index contributed by atoms with van der Waals surface area (Å²) < 4.78 is 34.0. The van der Waals surface area contributed by atoms with E-state index in [-0.39, 0.29) is 65.6 Å². The van der Waals surface area contributed by atoms with E-state index in [1.54, 1.807) is 6.20 Å². The number of hydrogen-bond donors (Lipinski definition) is 2. The van der Waals surface area contributed by atoms with Crippen LogP contribution in [0.4, 0.5) is 5.69 Å². The molecule has 4 rings (SSSR count). The van der Waals surface area contributed by atoms with Gasteiger partial charge in [0.05, 0.1) is 35.0 Å². The number of sulfonamides is 1. The minimum atomic E-state index is -3.77. The van der Waals surface area contributed by atoms with Crippen molar-refractivity contribution in [2.45, 2.75) is 36.6 Å². The predicted molar refractivity (Wildman–Crippen MR) is 127 cm³/mol. The summed E-state index contributed by atoms with van der Waals surface area (Å²) >= 11 is 6.34. The second kappa shape index (κ2) is 12.2. The van der Waals surface area contributed by atoms with E-state index in [1.165, 1.54) is 33.3 Å². The maximum Gasteiger partial charge on any atom is 1.00 e. The Morgan fingerprint density at radius 2 is 1.91 bits per heavy atom. The minimum Gasteiger partial charge on any atom is -1.00 e. The zero-order valence-electron chi connectivity index (χ0n) is 20.5. The molecule has 0 amide bonds. The van der Waals surface area contributed by atoms with E-state index >= 15 is 0 Å². The third kappa shape index (κ3) is 6.46. The van der Waals surface area contributed by atoms with Crippen LogP contribution in [-0.2, 0) is 14.8 Å². The zero-order valence-corrected chi connectivity index (χ0v) is 23.1. The van der Waals surface area contributed by atoms with Crippen molar-refractivity contribution in [2.75, 3.05) is 38.2 Å². The van der Waals surface area contributed by atoms with E-state index in [0.717, 1.165) is 19.4 Å². The molecule has 2 aromatic rings. The molecule has 186 valence electrons. The van der Waals surface area contributed by atoms with E-state index in [1.807, 2.05) is 0 Å². The van der Waals surface area contributed by atoms with E-state index in [4.69, 9.17) is 21.4 Å². The molecule has 0 unspecified atom stereocenters. The Morgan fingerprint density at radius 1 is 1.23 bits per heavy atom. The zero-order chi connectivity index (χ0) is 24.3. The Kier molecular flexibility index (Phi) is 9.78. The molecule has 35 heavy (non-hydrogen) atoms. The predicted octanol–water partition coefficient (Wildman–Crippen LogP) is -0.424. The number of nitrogens with zero attached hydrogens (tertiary/aromatic N) is 3. The van der Waals surface area contributed by atoms with E-state index in [0.29, 0.717) is 37.6 Å². The fraction of sp³-hybridized carbons (Fsp3) is 0.500. The summed E-state index contributed by atoms with van der Waals surface area (Å²) in [6.45, 7) is 2.53. The van der Waals surface area contributed by atoms with Crippen LogP contribution >= 0.6 is 11.6 Å². The summed E-state index contributed by atoms with van der Waals surface area (Å²) in [6, 6.07) is 4.85. The van der Waals surface area contributed by atoms with Crippen molar-refractivity contribution in [1.29, 1.82) is 0 Å². The first-order valence-electron chi connectivity index (χ1n) is 11.2. The Morgan fingerprint density at radius 3 is 2.51 bits per heavy atom. The third-order valence-corrected chi connectivity index (χ3v) is 8.57. The van der Waals surface area contributed by atoms with Gasteiger partial charge in [-0.15, -0.1) is 0 Å². The number of benzene rings is 1. The van der Waals surface area contributed by atoms with Gasteiger partial charge in [0, 0.05) is 26.2 Å². The van der Waals surface area contributed by atoms with Crippen LogP contribution < -0.4 is 40.4 Å². The number of aromatic carboxylic acids is 1. The maximum atomic E-state index is 12.9. The normalized spacial score (nSPS) is 19.6. The van der Waals surface area contributed by atoms with Gasteiger partial charge in [0.2, 0.25) is 10.0 Å². The summed E-state index contributed by atoms with van der Waals surface area (Å²) in [5.41, 5.74) is 0.0976. The summed E-state index contributed by atoms with van der Waals surface area (Å²) in [7, 11) is -3.77. The number of carboxylic acid groups (broad SMARTS) is 1. The largest absolute Gasteiger partial charge is 1.00 e. The average molecular weight is 535 g/mol. The second-order valence-corrected chi connectivity index (χ2v) is 10.9. The van der Waals surface area contributed by atoms with E-state index < -0.39 is 21.6 Å². The molecule has 0 saturated carbocycles. The molecule has 10 nitrogen and oxygen atoms in total. The van der Waals surface area contributed by atoms with Crippen molar-refractivity contribution >= 4 is 33.3 Å². The molecule has 13 heteroatoms. The van der Waals surface area contributed by atoms with Gasteiger partial charge in [-0.05, 0) is 55.9 Å². The number of carboxylic acids is 1. The monoisotopic (exact) mass is 534 g/mol. The van der Waals surface area contributed by atoms with Gasteiger partial charge in [-0.2, -0.15) is 9.40 Å². The molecular weight excluding hydrogens is 507 g/mol. The van der Waals surface area contributed by atoms with Gasteiger partial charge >= 0.3 is 35.5 Å². The third-order valence-electron chi connectivity index (χ3n) is 6.29. The molecule has 0 radical (unpaired) electrons. The summed E-state index contributed by atoms with van der Waals surface area (Å²) in [6.07, 6.45) is 4.42. The first kappa shape index (κ1) is 28.1. The van der Waals surface area contributed by atoms with Crippen LogP contribution in [0, 0.1) is 5.92 Å². The first-order valence-corrected chi connectivity index (χ1v) is 13.0. The molecular formula is C22H28ClN4NaO6S. The van der Waals surface area contributed by atoms with Crippen LogP contribution in [0.3, 0.4) is 0 Å². The number of anilines is 1. The molecule has 1 aromatic carbocycles. The van der Waals surface area contributed by atoms with Crippen molar-refractivity contribution in [3.8, 4) is 0 Å². The Hall–Kier alpha value is -1.47. The Bertz CT molecular complexity index is 1200. The fourth-order valence-corrected chi connectivity index (χ4v) is 5.97. The molecule has 0 spiro atoms. The van der Waals surface area contributed by atoms with Crippen LogP contribution in [0.25, 0.3) is 0 Å². The number of piperidine rings is 1. The summed E-state index contributed by atoms with van der Waals surface area (Å²) in [4.78, 5) is 23.9. The molecule has 2 aliphatic rings. The Labute approximate surface area is 232 Å². The smallest absolute Gasteiger partial charge is 1.00 e.